The van der Waals surface area contributed by atoms with Gasteiger partial charge in [0.2, 0.25) is 0 Å². The van der Waals surface area contributed by atoms with Gasteiger partial charge in [0, 0.05) is 0 Å². The normalized spacial score (nSPS) is 16.6. The highest BCUT2D eigenvalue weighted by Crippen LogP contribution is 2.33. The molecule has 1 aliphatic carbocycles. The Balaban J connectivity index is 1.75. The van der Waals surface area contributed by atoms with E-state index >= 15 is 0 Å². The third-order valence-electron chi connectivity index (χ3n) is 3.75. The summed E-state index contributed by atoms with van der Waals surface area (Å²) in [4.78, 5) is 23.9. The minimum Gasteiger partial charge on any atom is -0.458 e. The van der Waals surface area contributed by atoms with Gasteiger partial charge in [0.05, 0.1) is 0 Å². The Morgan fingerprint density at radius 2 is 1.91 bits per heavy atom. The molecule has 0 aliphatic heterocycles. The molecule has 1 fully saturated rings. The lowest BCUT2D eigenvalue weighted by Gasteiger charge is -2.18. The van der Waals surface area contributed by atoms with E-state index in [0.717, 1.165) is 12.0 Å². The van der Waals surface area contributed by atoms with Gasteiger partial charge in [-0.15, -0.1) is 0 Å². The molecule has 0 unspecified atom stereocenters. The average molecular weight is 305 g/mol. The predicted molar refractivity (Wildman–Crippen MR) is 82.0 cm³/mol. The van der Waals surface area contributed by atoms with Crippen molar-refractivity contribution in [3.63, 3.8) is 0 Å². The van der Waals surface area contributed by atoms with Crippen molar-refractivity contribution in [1.29, 1.82) is 0 Å². The summed E-state index contributed by atoms with van der Waals surface area (Å²) >= 11 is 0. The van der Waals surface area contributed by atoms with E-state index in [1.54, 1.807) is 7.05 Å². The van der Waals surface area contributed by atoms with Crippen molar-refractivity contribution in [2.75, 3.05) is 7.05 Å². The lowest BCUT2D eigenvalue weighted by atomic mass is 10.1. The van der Waals surface area contributed by atoms with Crippen molar-refractivity contribution in [3.8, 4) is 0 Å². The van der Waals surface area contributed by atoms with Crippen molar-refractivity contribution in [1.82, 2.24) is 5.32 Å². The minimum absolute atomic E-state index is 0.180. The van der Waals surface area contributed by atoms with Crippen LogP contribution in [0.4, 0.5) is 0 Å². The molecular formula is C17H23NO4. The smallest absolute Gasteiger partial charge is 0.347 e. The molecule has 2 rings (SSSR count). The van der Waals surface area contributed by atoms with Gasteiger partial charge in [-0.2, -0.15) is 0 Å². The SMILES string of the molecule is CN[C@@H](CC1CC1)C(=O)O[C@H](C)C(=O)OCc1ccccc1. The van der Waals surface area contributed by atoms with Gasteiger partial charge in [-0.1, -0.05) is 43.2 Å². The second kappa shape index (κ2) is 7.94. The quantitative estimate of drug-likeness (QED) is 0.745. The number of benzene rings is 1. The minimum atomic E-state index is -0.897. The highest BCUT2D eigenvalue weighted by atomic mass is 16.6. The summed E-state index contributed by atoms with van der Waals surface area (Å²) in [5.41, 5.74) is 0.899. The van der Waals surface area contributed by atoms with Crippen molar-refractivity contribution in [2.45, 2.75) is 44.9 Å². The maximum Gasteiger partial charge on any atom is 0.347 e. The first kappa shape index (κ1) is 16.5. The molecule has 22 heavy (non-hydrogen) atoms. The standard InChI is InChI=1S/C17H23NO4/c1-12(16(19)21-11-14-6-4-3-5-7-14)22-17(20)15(18-2)10-13-8-9-13/h3-7,12-13,15,18H,8-11H2,1-2H3/t12-,15+/m1/s1. The van der Waals surface area contributed by atoms with Gasteiger partial charge in [-0.25, -0.2) is 4.79 Å². The van der Waals surface area contributed by atoms with E-state index in [1.807, 2.05) is 30.3 Å². The molecule has 0 aromatic heterocycles. The molecule has 120 valence electrons. The van der Waals surface area contributed by atoms with Gasteiger partial charge in [-0.3, -0.25) is 4.79 Å². The van der Waals surface area contributed by atoms with E-state index in [4.69, 9.17) is 9.47 Å². The molecule has 5 nitrogen and oxygen atoms in total. The van der Waals surface area contributed by atoms with Crippen molar-refractivity contribution < 1.29 is 19.1 Å². The summed E-state index contributed by atoms with van der Waals surface area (Å²) in [7, 11) is 1.73. The van der Waals surface area contributed by atoms with Crippen molar-refractivity contribution >= 4 is 11.9 Å². The van der Waals surface area contributed by atoms with Crippen LogP contribution in [-0.2, 0) is 25.7 Å². The van der Waals surface area contributed by atoms with Crippen LogP contribution in [0.1, 0.15) is 31.7 Å². The number of rotatable bonds is 8. The Hall–Kier alpha value is -1.88. The first-order valence-corrected chi connectivity index (χ1v) is 7.68. The number of hydrogen-bond acceptors (Lipinski definition) is 5. The van der Waals surface area contributed by atoms with Gasteiger partial charge in [0.25, 0.3) is 0 Å². The number of likely N-dealkylation sites (N-methyl/N-ethyl adjacent to an activating group) is 1. The lowest BCUT2D eigenvalue weighted by Crippen LogP contribution is -2.39. The zero-order chi connectivity index (χ0) is 15.9. The molecule has 5 heteroatoms. The largest absolute Gasteiger partial charge is 0.458 e. The molecule has 0 saturated heterocycles. The fraction of sp³-hybridized carbons (Fsp3) is 0.529. The van der Waals surface area contributed by atoms with Gasteiger partial charge >= 0.3 is 11.9 Å². The van der Waals surface area contributed by atoms with Gasteiger partial charge in [0.15, 0.2) is 6.10 Å². The number of esters is 2. The van der Waals surface area contributed by atoms with E-state index in [1.165, 1.54) is 19.8 Å². The molecule has 0 heterocycles. The second-order valence-corrected chi connectivity index (χ2v) is 5.69. The fourth-order valence-electron chi connectivity index (χ4n) is 2.17. The molecule has 0 spiro atoms. The van der Waals surface area contributed by atoms with Crippen LogP contribution in [0.5, 0.6) is 0 Å². The maximum atomic E-state index is 12.0. The Labute approximate surface area is 131 Å². The molecule has 1 N–H and O–H groups in total. The highest BCUT2D eigenvalue weighted by molar-refractivity contribution is 5.81. The number of ether oxygens (including phenoxy) is 2. The molecule has 1 aromatic carbocycles. The predicted octanol–water partition coefficient (Wildman–Crippen LogP) is 2.05. The van der Waals surface area contributed by atoms with E-state index in [-0.39, 0.29) is 12.6 Å². The van der Waals surface area contributed by atoms with E-state index in [2.05, 4.69) is 5.32 Å². The van der Waals surface area contributed by atoms with Crippen LogP contribution in [-0.4, -0.2) is 31.1 Å². The van der Waals surface area contributed by atoms with Crippen LogP contribution < -0.4 is 5.32 Å². The van der Waals surface area contributed by atoms with Gasteiger partial charge < -0.3 is 14.8 Å². The summed E-state index contributed by atoms with van der Waals surface area (Å²) < 4.78 is 10.4. The summed E-state index contributed by atoms with van der Waals surface area (Å²) in [5.74, 6) is -0.317. The fourth-order valence-corrected chi connectivity index (χ4v) is 2.17. The summed E-state index contributed by atoms with van der Waals surface area (Å²) in [6.45, 7) is 1.72. The van der Waals surface area contributed by atoms with Gasteiger partial charge in [-0.05, 0) is 31.9 Å². The van der Waals surface area contributed by atoms with E-state index in [0.29, 0.717) is 5.92 Å². The van der Waals surface area contributed by atoms with Crippen molar-refractivity contribution in [3.05, 3.63) is 35.9 Å². The topological polar surface area (TPSA) is 64.6 Å². The monoisotopic (exact) mass is 305 g/mol. The lowest BCUT2D eigenvalue weighted by molar-refractivity contribution is -0.168. The second-order valence-electron chi connectivity index (χ2n) is 5.69. The average Bonchev–Trinajstić information content (AvgIpc) is 3.35. The number of carbonyl (C=O) groups is 2. The zero-order valence-electron chi connectivity index (χ0n) is 13.1. The molecule has 1 aliphatic rings. The van der Waals surface area contributed by atoms with Crippen LogP contribution in [0, 0.1) is 5.92 Å². The summed E-state index contributed by atoms with van der Waals surface area (Å²) in [6, 6.07) is 9.04. The number of hydrogen-bond donors (Lipinski definition) is 1. The van der Waals surface area contributed by atoms with E-state index in [9.17, 15) is 9.59 Å². The molecule has 2 atom stereocenters. The summed E-state index contributed by atoms with van der Waals surface area (Å²) in [5, 5.41) is 2.95. The maximum absolute atomic E-state index is 12.0. The van der Waals surface area contributed by atoms with Crippen LogP contribution in [0.25, 0.3) is 0 Å². The molecule has 1 saturated carbocycles. The zero-order valence-corrected chi connectivity index (χ0v) is 13.1. The molecule has 0 radical (unpaired) electrons. The Morgan fingerprint density at radius 1 is 1.23 bits per heavy atom. The third kappa shape index (κ3) is 5.15. The first-order chi connectivity index (χ1) is 10.6. The van der Waals surface area contributed by atoms with Crippen LogP contribution in [0.2, 0.25) is 0 Å². The highest BCUT2D eigenvalue weighted by Gasteiger charge is 2.31. The number of nitrogens with one attached hydrogen (secondary N) is 1. The van der Waals surface area contributed by atoms with Gasteiger partial charge in [0.1, 0.15) is 12.6 Å². The van der Waals surface area contributed by atoms with Crippen LogP contribution in [0.15, 0.2) is 30.3 Å². The Morgan fingerprint density at radius 3 is 2.50 bits per heavy atom. The van der Waals surface area contributed by atoms with Crippen molar-refractivity contribution in [2.24, 2.45) is 5.92 Å². The molecule has 0 amide bonds. The molecule has 0 bridgehead atoms. The van der Waals surface area contributed by atoms with Crippen LogP contribution in [0.3, 0.4) is 0 Å². The number of carbonyl (C=O) groups excluding carboxylic acids is 2. The van der Waals surface area contributed by atoms with Crippen LogP contribution >= 0.6 is 0 Å². The Bertz CT molecular complexity index is 499. The molecular weight excluding hydrogens is 282 g/mol. The third-order valence-corrected chi connectivity index (χ3v) is 3.75. The molecule has 1 aromatic rings. The Kier molecular flexibility index (Phi) is 5.95. The summed E-state index contributed by atoms with van der Waals surface area (Å²) in [6.07, 6.45) is 2.20. The first-order valence-electron chi connectivity index (χ1n) is 7.68. The van der Waals surface area contributed by atoms with E-state index < -0.39 is 18.0 Å².